The summed E-state index contributed by atoms with van der Waals surface area (Å²) in [6, 6.07) is 5.86. The normalized spacial score (nSPS) is 21.5. The van der Waals surface area contributed by atoms with Gasteiger partial charge in [0.05, 0.1) is 5.71 Å². The molecule has 0 aliphatic carbocycles. The first-order valence-electron chi connectivity index (χ1n) is 6.08. The van der Waals surface area contributed by atoms with Crippen LogP contribution in [0.2, 0.25) is 0 Å². The molecule has 0 amide bonds. The van der Waals surface area contributed by atoms with E-state index in [4.69, 9.17) is 15.2 Å². The van der Waals surface area contributed by atoms with Crippen LogP contribution in [0.4, 0.5) is 0 Å². The van der Waals surface area contributed by atoms with Crippen molar-refractivity contribution >= 4 is 11.5 Å². The van der Waals surface area contributed by atoms with Gasteiger partial charge in [0.2, 0.25) is 6.79 Å². The van der Waals surface area contributed by atoms with Crippen molar-refractivity contribution in [1.29, 1.82) is 0 Å². The summed E-state index contributed by atoms with van der Waals surface area (Å²) in [5.74, 6) is 2.48. The van der Waals surface area contributed by atoms with Gasteiger partial charge in [-0.2, -0.15) is 5.10 Å². The minimum atomic E-state index is 0.285. The zero-order chi connectivity index (χ0) is 12.5. The van der Waals surface area contributed by atoms with Crippen LogP contribution in [0.15, 0.2) is 28.4 Å². The lowest BCUT2D eigenvalue weighted by atomic mass is 9.90. The second kappa shape index (κ2) is 4.33. The van der Waals surface area contributed by atoms with Crippen molar-refractivity contribution in [1.82, 2.24) is 0 Å². The highest BCUT2D eigenvalue weighted by Crippen LogP contribution is 2.34. The summed E-state index contributed by atoms with van der Waals surface area (Å²) < 4.78 is 10.7. The molecule has 0 saturated carbocycles. The maximum atomic E-state index is 5.73. The number of ether oxygens (including phenoxy) is 2. The molecule has 2 N–H and O–H groups in total. The van der Waals surface area contributed by atoms with E-state index in [2.05, 4.69) is 17.1 Å². The Hall–Kier alpha value is -2.04. The van der Waals surface area contributed by atoms with E-state index in [-0.39, 0.29) is 6.79 Å². The highest BCUT2D eigenvalue weighted by molar-refractivity contribution is 6.06. The summed E-state index contributed by atoms with van der Waals surface area (Å²) in [6.07, 6.45) is 1.76. The zero-order valence-corrected chi connectivity index (χ0v) is 10.2. The van der Waals surface area contributed by atoms with Gasteiger partial charge in [-0.1, -0.05) is 6.92 Å². The quantitative estimate of drug-likeness (QED) is 0.865. The predicted molar refractivity (Wildman–Crippen MR) is 69.1 cm³/mol. The molecule has 5 heteroatoms. The monoisotopic (exact) mass is 245 g/mol. The van der Waals surface area contributed by atoms with Crippen LogP contribution in [0.1, 0.15) is 25.3 Å². The third-order valence-electron chi connectivity index (χ3n) is 3.29. The minimum Gasteiger partial charge on any atom is -0.454 e. The molecule has 0 saturated heterocycles. The third-order valence-corrected chi connectivity index (χ3v) is 3.29. The van der Waals surface area contributed by atoms with Gasteiger partial charge in [-0.05, 0) is 24.6 Å². The Labute approximate surface area is 105 Å². The molecule has 2 aliphatic rings. The van der Waals surface area contributed by atoms with Crippen LogP contribution in [0.3, 0.4) is 0 Å². The van der Waals surface area contributed by atoms with Crippen molar-refractivity contribution < 1.29 is 9.47 Å². The standard InChI is InChI=1S/C13H15N3O2/c1-2-8-6-12(14)15-16-13(8)9-3-4-10-11(5-9)18-7-17-10/h3-5,8H,2,6-7H2,1H3,(H2,14,15). The van der Waals surface area contributed by atoms with E-state index in [1.807, 2.05) is 18.2 Å². The van der Waals surface area contributed by atoms with E-state index in [1.54, 1.807) is 0 Å². The van der Waals surface area contributed by atoms with Gasteiger partial charge in [0.1, 0.15) is 5.84 Å². The van der Waals surface area contributed by atoms with Crippen LogP contribution in [-0.2, 0) is 0 Å². The first-order valence-corrected chi connectivity index (χ1v) is 6.08. The molecule has 2 heterocycles. The SMILES string of the molecule is CCC1CC(N)=NN=C1c1ccc2c(c1)OCO2. The Balaban J connectivity index is 1.98. The van der Waals surface area contributed by atoms with E-state index >= 15 is 0 Å². The summed E-state index contributed by atoms with van der Waals surface area (Å²) in [7, 11) is 0. The van der Waals surface area contributed by atoms with Crippen molar-refractivity contribution in [3.05, 3.63) is 23.8 Å². The number of benzene rings is 1. The molecule has 5 nitrogen and oxygen atoms in total. The van der Waals surface area contributed by atoms with E-state index in [0.29, 0.717) is 11.8 Å². The van der Waals surface area contributed by atoms with Gasteiger partial charge < -0.3 is 15.2 Å². The second-order valence-electron chi connectivity index (χ2n) is 4.45. The van der Waals surface area contributed by atoms with Crippen LogP contribution < -0.4 is 15.2 Å². The van der Waals surface area contributed by atoms with Gasteiger partial charge in [0.15, 0.2) is 11.5 Å². The Morgan fingerprint density at radius 3 is 2.94 bits per heavy atom. The summed E-state index contributed by atoms with van der Waals surface area (Å²) in [6.45, 7) is 2.42. The first-order chi connectivity index (χ1) is 8.78. The molecule has 1 unspecified atom stereocenters. The Kier molecular flexibility index (Phi) is 2.66. The molecule has 18 heavy (non-hydrogen) atoms. The molecule has 2 aliphatic heterocycles. The summed E-state index contributed by atoms with van der Waals surface area (Å²) in [5.41, 5.74) is 7.74. The molecule has 3 rings (SSSR count). The smallest absolute Gasteiger partial charge is 0.231 e. The molecule has 0 bridgehead atoms. The molecule has 1 aromatic rings. The van der Waals surface area contributed by atoms with Crippen LogP contribution in [0.25, 0.3) is 0 Å². The molecular weight excluding hydrogens is 230 g/mol. The molecular formula is C13H15N3O2. The highest BCUT2D eigenvalue weighted by Gasteiger charge is 2.23. The van der Waals surface area contributed by atoms with Gasteiger partial charge in [-0.15, -0.1) is 5.10 Å². The number of nitrogens with two attached hydrogens (primary N) is 1. The molecule has 0 aromatic heterocycles. The Morgan fingerprint density at radius 1 is 1.28 bits per heavy atom. The fourth-order valence-corrected chi connectivity index (χ4v) is 2.28. The number of amidine groups is 1. The Morgan fingerprint density at radius 2 is 2.11 bits per heavy atom. The van der Waals surface area contributed by atoms with Crippen molar-refractivity contribution in [3.8, 4) is 11.5 Å². The molecule has 1 aromatic carbocycles. The molecule has 94 valence electrons. The lowest BCUT2D eigenvalue weighted by Crippen LogP contribution is -2.26. The number of hydrogen-bond donors (Lipinski definition) is 1. The van der Waals surface area contributed by atoms with Gasteiger partial charge in [0.25, 0.3) is 0 Å². The van der Waals surface area contributed by atoms with Crippen LogP contribution in [0, 0.1) is 5.92 Å². The molecule has 1 atom stereocenters. The van der Waals surface area contributed by atoms with Gasteiger partial charge in [-0.3, -0.25) is 0 Å². The largest absolute Gasteiger partial charge is 0.454 e. The maximum Gasteiger partial charge on any atom is 0.231 e. The molecule has 0 spiro atoms. The van der Waals surface area contributed by atoms with E-state index < -0.39 is 0 Å². The summed E-state index contributed by atoms with van der Waals surface area (Å²) >= 11 is 0. The zero-order valence-electron chi connectivity index (χ0n) is 10.2. The third kappa shape index (κ3) is 1.81. The topological polar surface area (TPSA) is 69.2 Å². The van der Waals surface area contributed by atoms with E-state index in [9.17, 15) is 0 Å². The average molecular weight is 245 g/mol. The molecule has 0 radical (unpaired) electrons. The predicted octanol–water partition coefficient (Wildman–Crippen LogP) is 1.91. The van der Waals surface area contributed by atoms with Crippen LogP contribution in [0.5, 0.6) is 11.5 Å². The average Bonchev–Trinajstić information content (AvgIpc) is 2.85. The number of nitrogens with zero attached hydrogens (tertiary/aromatic N) is 2. The van der Waals surface area contributed by atoms with Crippen LogP contribution >= 0.6 is 0 Å². The summed E-state index contributed by atoms with van der Waals surface area (Å²) in [5, 5.41) is 8.23. The summed E-state index contributed by atoms with van der Waals surface area (Å²) in [4.78, 5) is 0. The van der Waals surface area contributed by atoms with E-state index in [1.165, 1.54) is 0 Å². The lowest BCUT2D eigenvalue weighted by Gasteiger charge is -2.20. The van der Waals surface area contributed by atoms with Crippen LogP contribution in [-0.4, -0.2) is 18.3 Å². The van der Waals surface area contributed by atoms with Gasteiger partial charge >= 0.3 is 0 Å². The molecule has 0 fully saturated rings. The van der Waals surface area contributed by atoms with Crippen molar-refractivity contribution in [2.24, 2.45) is 21.9 Å². The van der Waals surface area contributed by atoms with E-state index in [0.717, 1.165) is 35.6 Å². The number of hydrogen-bond acceptors (Lipinski definition) is 5. The van der Waals surface area contributed by atoms with Gasteiger partial charge in [-0.25, -0.2) is 0 Å². The maximum absolute atomic E-state index is 5.73. The number of fused-ring (bicyclic) bond motifs is 1. The first kappa shape index (κ1) is 11.1. The fourth-order valence-electron chi connectivity index (χ4n) is 2.28. The van der Waals surface area contributed by atoms with Crippen molar-refractivity contribution in [3.63, 3.8) is 0 Å². The fraction of sp³-hybridized carbons (Fsp3) is 0.385. The Bertz CT molecular complexity index is 537. The van der Waals surface area contributed by atoms with Crippen molar-refractivity contribution in [2.75, 3.05) is 6.79 Å². The van der Waals surface area contributed by atoms with Crippen molar-refractivity contribution in [2.45, 2.75) is 19.8 Å². The van der Waals surface area contributed by atoms with Gasteiger partial charge in [0, 0.05) is 17.9 Å². The second-order valence-corrected chi connectivity index (χ2v) is 4.45. The highest BCUT2D eigenvalue weighted by atomic mass is 16.7. The number of rotatable bonds is 2. The lowest BCUT2D eigenvalue weighted by molar-refractivity contribution is 0.174. The minimum absolute atomic E-state index is 0.285.